The number of hydrogen-bond donors (Lipinski definition) is 0. The first-order valence-corrected chi connectivity index (χ1v) is 3.58. The van der Waals surface area contributed by atoms with Crippen LogP contribution in [0.3, 0.4) is 0 Å². The average molecular weight is 164 g/mol. The number of ketones is 3. The highest BCUT2D eigenvalue weighted by atomic mass is 16.2. The molecule has 0 N–H and O–H groups in total. The summed E-state index contributed by atoms with van der Waals surface area (Å²) < 4.78 is 0. The molecule has 0 aromatic rings. The van der Waals surface area contributed by atoms with Gasteiger partial charge in [-0.05, 0) is 6.42 Å². The van der Waals surface area contributed by atoms with Crippen LogP contribution in [0.5, 0.6) is 0 Å². The summed E-state index contributed by atoms with van der Waals surface area (Å²) in [6, 6.07) is 0. The minimum absolute atomic E-state index is 0.398. The molecule has 12 heavy (non-hydrogen) atoms. The van der Waals surface area contributed by atoms with E-state index in [0.29, 0.717) is 12.0 Å². The summed E-state index contributed by atoms with van der Waals surface area (Å²) in [5, 5.41) is 0. The molecule has 0 aliphatic heterocycles. The normalized spacial score (nSPS) is 14.2. The Morgan fingerprint density at radius 2 is 2.00 bits per heavy atom. The van der Waals surface area contributed by atoms with Gasteiger partial charge in [-0.3, -0.25) is 14.4 Å². The van der Waals surface area contributed by atoms with Gasteiger partial charge in [0.1, 0.15) is 0 Å². The van der Waals surface area contributed by atoms with E-state index in [1.54, 1.807) is 18.2 Å². The first-order chi connectivity index (χ1) is 5.63. The Bertz CT molecular complexity index is 304. The van der Waals surface area contributed by atoms with Gasteiger partial charge in [-0.15, -0.1) is 0 Å². The van der Waals surface area contributed by atoms with E-state index in [-0.39, 0.29) is 0 Å². The number of rotatable bonds is 3. The van der Waals surface area contributed by atoms with Crippen molar-refractivity contribution in [3.05, 3.63) is 23.8 Å². The second-order valence-electron chi connectivity index (χ2n) is 2.54. The maximum absolute atomic E-state index is 11.1. The Labute approximate surface area is 69.8 Å². The zero-order chi connectivity index (χ0) is 9.14. The first-order valence-electron chi connectivity index (χ1n) is 3.58. The van der Waals surface area contributed by atoms with Crippen LogP contribution in [-0.4, -0.2) is 17.3 Å². The molecule has 0 radical (unpaired) electrons. The first kappa shape index (κ1) is 8.59. The lowest BCUT2D eigenvalue weighted by Crippen LogP contribution is -2.22. The van der Waals surface area contributed by atoms with E-state index < -0.39 is 17.3 Å². The molecule has 0 saturated carbocycles. The molecule has 1 aliphatic rings. The fourth-order valence-electron chi connectivity index (χ4n) is 0.921. The van der Waals surface area contributed by atoms with Crippen molar-refractivity contribution in [3.63, 3.8) is 0 Å². The summed E-state index contributed by atoms with van der Waals surface area (Å²) in [6.45, 7) is 1.10. The van der Waals surface area contributed by atoms with Crippen LogP contribution in [0.25, 0.3) is 0 Å². The molecule has 0 saturated heterocycles. The van der Waals surface area contributed by atoms with Gasteiger partial charge in [0.05, 0.1) is 0 Å². The third kappa shape index (κ3) is 1.56. The quantitative estimate of drug-likeness (QED) is 0.453. The van der Waals surface area contributed by atoms with Crippen LogP contribution in [0.2, 0.25) is 0 Å². The summed E-state index contributed by atoms with van der Waals surface area (Å²) in [5.74, 6) is -2.30. The molecule has 0 atom stereocenters. The maximum atomic E-state index is 11.1. The topological polar surface area (TPSA) is 51.2 Å². The van der Waals surface area contributed by atoms with Crippen molar-refractivity contribution in [3.8, 4) is 0 Å². The summed E-state index contributed by atoms with van der Waals surface area (Å²) in [7, 11) is 0. The average Bonchev–Trinajstić information content (AvgIpc) is 2.53. The number of carbonyl (C=O) groups excluding carboxylic acids is 3. The molecule has 1 rings (SSSR count). The smallest absolute Gasteiger partial charge is 0.268 e. The van der Waals surface area contributed by atoms with Crippen LogP contribution in [-0.2, 0) is 14.4 Å². The van der Waals surface area contributed by atoms with Crippen LogP contribution >= 0.6 is 0 Å². The summed E-state index contributed by atoms with van der Waals surface area (Å²) >= 11 is 0. The predicted molar refractivity (Wildman–Crippen MR) is 42.5 cm³/mol. The van der Waals surface area contributed by atoms with E-state index in [1.165, 1.54) is 0 Å². The van der Waals surface area contributed by atoms with Crippen molar-refractivity contribution in [1.29, 1.82) is 0 Å². The van der Waals surface area contributed by atoms with E-state index in [4.69, 9.17) is 0 Å². The van der Waals surface area contributed by atoms with Gasteiger partial charge in [-0.2, -0.15) is 0 Å². The summed E-state index contributed by atoms with van der Waals surface area (Å²) in [5.41, 5.74) is 0.398. The molecule has 0 amide bonds. The monoisotopic (exact) mass is 164 g/mol. The number of allylic oxidation sites excluding steroid dienone is 4. The summed E-state index contributed by atoms with van der Waals surface area (Å²) in [6.07, 6.45) is 5.47. The number of hydrogen-bond acceptors (Lipinski definition) is 3. The Morgan fingerprint density at radius 3 is 2.42 bits per heavy atom. The van der Waals surface area contributed by atoms with E-state index >= 15 is 0 Å². The molecule has 0 bridgehead atoms. The van der Waals surface area contributed by atoms with E-state index in [0.717, 1.165) is 6.92 Å². The highest BCUT2D eigenvalue weighted by Crippen LogP contribution is 2.11. The molecule has 1 aliphatic carbocycles. The van der Waals surface area contributed by atoms with Crippen LogP contribution in [0, 0.1) is 0 Å². The molecule has 3 heteroatoms. The van der Waals surface area contributed by atoms with Crippen molar-refractivity contribution in [2.75, 3.05) is 0 Å². The van der Waals surface area contributed by atoms with Crippen molar-refractivity contribution in [1.82, 2.24) is 0 Å². The maximum Gasteiger partial charge on any atom is 0.268 e. The zero-order valence-electron chi connectivity index (χ0n) is 6.66. The van der Waals surface area contributed by atoms with Gasteiger partial charge in [0, 0.05) is 12.5 Å². The lowest BCUT2D eigenvalue weighted by molar-refractivity contribution is -0.141. The molecule has 0 spiro atoms. The van der Waals surface area contributed by atoms with Crippen molar-refractivity contribution >= 4 is 17.3 Å². The fraction of sp³-hybridized carbons (Fsp3) is 0.222. The van der Waals surface area contributed by atoms with Crippen LogP contribution < -0.4 is 0 Å². The van der Waals surface area contributed by atoms with Gasteiger partial charge in [0.2, 0.25) is 11.6 Å². The molecule has 0 fully saturated rings. The Morgan fingerprint density at radius 1 is 1.33 bits per heavy atom. The van der Waals surface area contributed by atoms with Crippen molar-refractivity contribution < 1.29 is 14.4 Å². The van der Waals surface area contributed by atoms with Gasteiger partial charge in [-0.1, -0.05) is 18.2 Å². The molecule has 0 aromatic carbocycles. The predicted octanol–water partition coefficient (Wildman–Crippen LogP) is 0.600. The van der Waals surface area contributed by atoms with Crippen LogP contribution in [0.1, 0.15) is 13.3 Å². The molecule has 62 valence electrons. The van der Waals surface area contributed by atoms with Gasteiger partial charge in [0.25, 0.3) is 5.78 Å². The van der Waals surface area contributed by atoms with E-state index in [2.05, 4.69) is 0 Å². The van der Waals surface area contributed by atoms with E-state index in [1.807, 2.05) is 0 Å². The van der Waals surface area contributed by atoms with Gasteiger partial charge >= 0.3 is 0 Å². The highest BCUT2D eigenvalue weighted by Gasteiger charge is 2.22. The standard InChI is InChI=1S/C9H8O3/c1-6(10)8(11)9(12)7-4-2-3-5-7/h2-4H,5H2,1H3. The molecule has 0 aromatic heterocycles. The second kappa shape index (κ2) is 3.26. The van der Waals surface area contributed by atoms with Crippen LogP contribution in [0.15, 0.2) is 23.8 Å². The minimum atomic E-state index is -0.926. The highest BCUT2D eigenvalue weighted by molar-refractivity contribution is 6.66. The lowest BCUT2D eigenvalue weighted by Gasteiger charge is -1.95. The second-order valence-corrected chi connectivity index (χ2v) is 2.54. The zero-order valence-corrected chi connectivity index (χ0v) is 6.66. The fourth-order valence-corrected chi connectivity index (χ4v) is 0.921. The Kier molecular flexibility index (Phi) is 2.33. The number of carbonyl (C=O) groups is 3. The molecular formula is C9H8O3. The van der Waals surface area contributed by atoms with Gasteiger partial charge in [-0.25, -0.2) is 0 Å². The van der Waals surface area contributed by atoms with Crippen LogP contribution in [0.4, 0.5) is 0 Å². The minimum Gasteiger partial charge on any atom is -0.291 e. The third-order valence-electron chi connectivity index (χ3n) is 1.59. The number of Topliss-reactive ketones (excluding diaryl/α,β-unsaturated/α-hetero) is 3. The van der Waals surface area contributed by atoms with Crippen molar-refractivity contribution in [2.45, 2.75) is 13.3 Å². The van der Waals surface area contributed by atoms with Gasteiger partial charge in [0.15, 0.2) is 0 Å². The molecule has 3 nitrogen and oxygen atoms in total. The Balaban J connectivity index is 2.72. The summed E-state index contributed by atoms with van der Waals surface area (Å²) in [4.78, 5) is 32.5. The Hall–Kier alpha value is -1.51. The largest absolute Gasteiger partial charge is 0.291 e. The van der Waals surface area contributed by atoms with E-state index in [9.17, 15) is 14.4 Å². The lowest BCUT2D eigenvalue weighted by atomic mass is 10.1. The van der Waals surface area contributed by atoms with Gasteiger partial charge < -0.3 is 0 Å². The SMILES string of the molecule is CC(=O)C(=O)C(=O)C1=CC=CC1. The molecule has 0 unspecified atom stereocenters. The molecule has 0 heterocycles. The third-order valence-corrected chi connectivity index (χ3v) is 1.59. The molecular weight excluding hydrogens is 156 g/mol. The van der Waals surface area contributed by atoms with Crippen molar-refractivity contribution in [2.24, 2.45) is 0 Å².